The third-order valence-corrected chi connectivity index (χ3v) is 7.82. The SMILES string of the molecule is C=C(S/C=C(\C)C(=O)Nc1ccc(OC2CCC2)c(C(F)(F)F)c1N1CCC[C@@H](CN)C1)c1ccnnc1. The Kier molecular flexibility index (Phi) is 8.99. The van der Waals surface area contributed by atoms with Crippen LogP contribution in [0.25, 0.3) is 4.91 Å². The monoisotopic (exact) mass is 547 g/mol. The number of benzene rings is 1. The number of carbonyl (C=O) groups is 1. The normalized spacial score (nSPS) is 18.6. The predicted octanol–water partition coefficient (Wildman–Crippen LogP) is 5.85. The number of halogens is 3. The van der Waals surface area contributed by atoms with Gasteiger partial charge in [0, 0.05) is 29.1 Å². The van der Waals surface area contributed by atoms with Crippen LogP contribution >= 0.6 is 11.8 Å². The van der Waals surface area contributed by atoms with E-state index in [1.165, 1.54) is 30.1 Å². The van der Waals surface area contributed by atoms with Gasteiger partial charge in [0.05, 0.1) is 29.9 Å². The van der Waals surface area contributed by atoms with Gasteiger partial charge < -0.3 is 20.7 Å². The summed E-state index contributed by atoms with van der Waals surface area (Å²) in [6.07, 6.45) is 2.15. The molecule has 0 radical (unpaired) electrons. The molecule has 204 valence electrons. The molecule has 0 unspecified atom stereocenters. The molecule has 1 aromatic heterocycles. The number of hydrogen-bond donors (Lipinski definition) is 2. The van der Waals surface area contributed by atoms with Crippen LogP contribution in [-0.2, 0) is 11.0 Å². The molecule has 3 N–H and O–H groups in total. The van der Waals surface area contributed by atoms with Gasteiger partial charge in [-0.3, -0.25) is 4.79 Å². The van der Waals surface area contributed by atoms with Gasteiger partial charge >= 0.3 is 6.18 Å². The molecule has 1 saturated carbocycles. The molecule has 2 aromatic rings. The van der Waals surface area contributed by atoms with E-state index in [9.17, 15) is 18.0 Å². The Morgan fingerprint density at radius 1 is 1.26 bits per heavy atom. The van der Waals surface area contributed by atoms with E-state index in [2.05, 4.69) is 22.1 Å². The quantitative estimate of drug-likeness (QED) is 0.381. The average molecular weight is 548 g/mol. The Morgan fingerprint density at radius 3 is 2.68 bits per heavy atom. The minimum absolute atomic E-state index is 0.0615. The second-order valence-electron chi connectivity index (χ2n) is 9.62. The Morgan fingerprint density at radius 2 is 2.05 bits per heavy atom. The number of piperidine rings is 1. The lowest BCUT2D eigenvalue weighted by Crippen LogP contribution is -2.40. The minimum Gasteiger partial charge on any atom is -0.490 e. The number of amides is 1. The number of nitrogens with two attached hydrogens (primary N) is 1. The first kappa shape index (κ1) is 28.0. The summed E-state index contributed by atoms with van der Waals surface area (Å²) in [6.45, 7) is 6.77. The molecule has 11 heteroatoms. The molecule has 1 aromatic carbocycles. The highest BCUT2D eigenvalue weighted by Gasteiger charge is 2.42. The molecule has 1 atom stereocenters. The number of nitrogens with one attached hydrogen (secondary N) is 1. The van der Waals surface area contributed by atoms with Crippen molar-refractivity contribution in [3.8, 4) is 5.75 Å². The van der Waals surface area contributed by atoms with Gasteiger partial charge in [0.1, 0.15) is 11.3 Å². The van der Waals surface area contributed by atoms with Crippen molar-refractivity contribution in [1.29, 1.82) is 0 Å². The standard InChI is InChI=1S/C27H32F3N5O2S/c1-17(16-38-18(2)20-10-11-32-33-14-20)26(36)34-22-8-9-23(37-21-6-3-7-21)24(27(28,29)30)25(22)35-12-4-5-19(13-31)15-35/h8-11,14,16,19,21H,2-7,12-13,15,31H2,1H3,(H,34,36)/b17-16+/t19-/m0/s1. The maximum absolute atomic E-state index is 14.6. The number of rotatable bonds is 9. The lowest BCUT2D eigenvalue weighted by molar-refractivity contribution is -0.139. The number of thioether (sulfide) groups is 1. The fourth-order valence-electron chi connectivity index (χ4n) is 4.46. The maximum Gasteiger partial charge on any atom is 0.422 e. The molecule has 2 fully saturated rings. The highest BCUT2D eigenvalue weighted by molar-refractivity contribution is 8.10. The van der Waals surface area contributed by atoms with E-state index in [-0.39, 0.29) is 29.1 Å². The van der Waals surface area contributed by atoms with E-state index < -0.39 is 17.6 Å². The van der Waals surface area contributed by atoms with Crippen molar-refractivity contribution in [3.63, 3.8) is 0 Å². The van der Waals surface area contributed by atoms with E-state index in [0.717, 1.165) is 31.2 Å². The lowest BCUT2D eigenvalue weighted by Gasteiger charge is -2.37. The number of hydrogen-bond acceptors (Lipinski definition) is 7. The van der Waals surface area contributed by atoms with Crippen molar-refractivity contribution in [3.05, 3.63) is 59.3 Å². The fraction of sp³-hybridized carbons (Fsp3) is 0.444. The summed E-state index contributed by atoms with van der Waals surface area (Å²) >= 11 is 1.23. The van der Waals surface area contributed by atoms with Crippen LogP contribution in [0.5, 0.6) is 5.75 Å². The Balaban J connectivity index is 1.64. The molecule has 7 nitrogen and oxygen atoms in total. The second kappa shape index (κ2) is 12.2. The summed E-state index contributed by atoms with van der Waals surface area (Å²) in [6, 6.07) is 4.57. The largest absolute Gasteiger partial charge is 0.490 e. The number of carbonyl (C=O) groups excluding carboxylic acids is 1. The van der Waals surface area contributed by atoms with Crippen LogP contribution in [0.3, 0.4) is 0 Å². The van der Waals surface area contributed by atoms with E-state index in [1.54, 1.807) is 29.5 Å². The minimum atomic E-state index is -4.68. The molecule has 1 saturated heterocycles. The molecule has 38 heavy (non-hydrogen) atoms. The first-order chi connectivity index (χ1) is 18.2. The van der Waals surface area contributed by atoms with Crippen LogP contribution in [0.4, 0.5) is 24.5 Å². The zero-order valence-corrected chi connectivity index (χ0v) is 22.1. The molecule has 0 spiro atoms. The van der Waals surface area contributed by atoms with Crippen LogP contribution in [0.1, 0.15) is 50.2 Å². The summed E-state index contributed by atoms with van der Waals surface area (Å²) in [5.41, 5.74) is 6.14. The maximum atomic E-state index is 14.6. The molecule has 1 amide bonds. The summed E-state index contributed by atoms with van der Waals surface area (Å²) in [5.74, 6) is -0.640. The van der Waals surface area contributed by atoms with Gasteiger partial charge in [0.2, 0.25) is 0 Å². The third-order valence-electron chi connectivity index (χ3n) is 6.83. The third kappa shape index (κ3) is 6.68. The summed E-state index contributed by atoms with van der Waals surface area (Å²) in [5, 5.41) is 11.9. The fourth-order valence-corrected chi connectivity index (χ4v) is 5.14. The van der Waals surface area contributed by atoms with Crippen molar-refractivity contribution in [2.24, 2.45) is 11.7 Å². The Bertz CT molecular complexity index is 1190. The highest BCUT2D eigenvalue weighted by Crippen LogP contribution is 2.48. The van der Waals surface area contributed by atoms with Gasteiger partial charge in [-0.05, 0) is 75.1 Å². The van der Waals surface area contributed by atoms with Gasteiger partial charge in [0.15, 0.2) is 0 Å². The average Bonchev–Trinajstić information content (AvgIpc) is 2.89. The lowest BCUT2D eigenvalue weighted by atomic mass is 9.95. The first-order valence-corrected chi connectivity index (χ1v) is 13.5. The van der Waals surface area contributed by atoms with Crippen molar-refractivity contribution in [1.82, 2.24) is 10.2 Å². The first-order valence-electron chi connectivity index (χ1n) is 12.6. The molecule has 2 aliphatic rings. The number of nitrogens with zero attached hydrogens (tertiary/aromatic N) is 3. The summed E-state index contributed by atoms with van der Waals surface area (Å²) in [7, 11) is 0. The molecule has 0 bridgehead atoms. The van der Waals surface area contributed by atoms with Crippen molar-refractivity contribution < 1.29 is 22.7 Å². The predicted molar refractivity (Wildman–Crippen MR) is 145 cm³/mol. The number of aromatic nitrogens is 2. The van der Waals surface area contributed by atoms with Crippen LogP contribution in [0.15, 0.2) is 48.2 Å². The van der Waals surface area contributed by atoms with Crippen LogP contribution in [0.2, 0.25) is 0 Å². The zero-order chi connectivity index (χ0) is 27.3. The summed E-state index contributed by atoms with van der Waals surface area (Å²) < 4.78 is 49.5. The molecular weight excluding hydrogens is 515 g/mol. The van der Waals surface area contributed by atoms with Gasteiger partial charge in [-0.2, -0.15) is 23.4 Å². The highest BCUT2D eigenvalue weighted by atomic mass is 32.2. The molecule has 4 rings (SSSR count). The van der Waals surface area contributed by atoms with Crippen LogP contribution in [0, 0.1) is 5.92 Å². The van der Waals surface area contributed by atoms with Crippen molar-refractivity contribution >= 4 is 33.9 Å². The van der Waals surface area contributed by atoms with Crippen molar-refractivity contribution in [2.45, 2.75) is 51.3 Å². The van der Waals surface area contributed by atoms with Gasteiger partial charge in [-0.15, -0.1) is 0 Å². The van der Waals surface area contributed by atoms with E-state index in [1.807, 2.05) is 0 Å². The van der Waals surface area contributed by atoms with E-state index in [0.29, 0.717) is 36.5 Å². The Hall–Kier alpha value is -3.05. The summed E-state index contributed by atoms with van der Waals surface area (Å²) in [4.78, 5) is 15.5. The Labute approximate surface area is 224 Å². The number of anilines is 2. The topological polar surface area (TPSA) is 93.4 Å². The van der Waals surface area contributed by atoms with Gasteiger partial charge in [-0.25, -0.2) is 0 Å². The van der Waals surface area contributed by atoms with Crippen LogP contribution in [-0.4, -0.2) is 41.8 Å². The van der Waals surface area contributed by atoms with Crippen LogP contribution < -0.4 is 20.7 Å². The molecule has 2 heterocycles. The van der Waals surface area contributed by atoms with Gasteiger partial charge in [-0.1, -0.05) is 18.3 Å². The second-order valence-corrected chi connectivity index (χ2v) is 10.6. The van der Waals surface area contributed by atoms with E-state index in [4.69, 9.17) is 10.5 Å². The molecule has 1 aliphatic carbocycles. The number of ether oxygens (including phenoxy) is 1. The van der Waals surface area contributed by atoms with Crippen molar-refractivity contribution in [2.75, 3.05) is 29.9 Å². The molecule has 1 aliphatic heterocycles. The van der Waals surface area contributed by atoms with Gasteiger partial charge in [0.25, 0.3) is 5.91 Å². The molecular formula is C27H32F3N5O2S. The van der Waals surface area contributed by atoms with E-state index >= 15 is 0 Å². The number of alkyl halides is 3. The smallest absolute Gasteiger partial charge is 0.422 e. The zero-order valence-electron chi connectivity index (χ0n) is 21.3.